The van der Waals surface area contributed by atoms with E-state index in [0.29, 0.717) is 25.0 Å². The summed E-state index contributed by atoms with van der Waals surface area (Å²) < 4.78 is 39.7. The van der Waals surface area contributed by atoms with E-state index in [-0.39, 0.29) is 103 Å². The summed E-state index contributed by atoms with van der Waals surface area (Å²) in [4.78, 5) is 112. The number of nitrogens with two attached hydrogens (primary N) is 1. The zero-order valence-electron chi connectivity index (χ0n) is 41.7. The van der Waals surface area contributed by atoms with E-state index in [2.05, 4.69) is 10.5 Å². The average molecular weight is 1150 g/mol. The Balaban J connectivity index is 0.00000548. The molecule has 2 saturated heterocycles. The number of likely N-dealkylation sites (tertiary alicyclic amines) is 1. The first-order chi connectivity index (χ1) is 32.4. The second kappa shape index (κ2) is 28.1. The van der Waals surface area contributed by atoms with Gasteiger partial charge in [0.1, 0.15) is 22.8 Å². The zero-order chi connectivity index (χ0) is 50.7. The number of aliphatic hydroxyl groups is 3. The maximum absolute atomic E-state index is 14.0. The first kappa shape index (κ1) is 68.4. The Morgan fingerprint density at radius 1 is 0.986 bits per heavy atom. The summed E-state index contributed by atoms with van der Waals surface area (Å²) in [5.74, 6) is -4.68. The molecule has 0 spiro atoms. The van der Waals surface area contributed by atoms with Crippen LogP contribution in [-0.4, -0.2) is 144 Å². The number of hydrogen-bond acceptors (Lipinski definition) is 23. The number of halogens is 1. The van der Waals surface area contributed by atoms with Crippen molar-refractivity contribution in [2.75, 3.05) is 37.5 Å². The van der Waals surface area contributed by atoms with Gasteiger partial charge in [0.15, 0.2) is 12.1 Å². The van der Waals surface area contributed by atoms with Crippen LogP contribution in [-0.2, 0) is 39.4 Å². The normalized spacial score (nSPS) is 23.5. The molecule has 32 heteroatoms. The third kappa shape index (κ3) is 14.9. The van der Waals surface area contributed by atoms with E-state index < -0.39 is 145 Å². The Labute approximate surface area is 440 Å². The summed E-state index contributed by atoms with van der Waals surface area (Å²) in [7, 11) is -10.00. The molecule has 1 unspecified atom stereocenters. The summed E-state index contributed by atoms with van der Waals surface area (Å²) in [6.45, 7) is 0.696. The highest BCUT2D eigenvalue weighted by Gasteiger charge is 2.50. The number of amides is 3. The van der Waals surface area contributed by atoms with Crippen molar-refractivity contribution in [2.45, 2.75) is 112 Å². The van der Waals surface area contributed by atoms with Gasteiger partial charge in [-0.05, 0) is 43.8 Å². The third-order valence-corrected chi connectivity index (χ3v) is 18.8. The molecule has 2 aliphatic heterocycles. The number of aromatic hydroxyl groups is 2. The fraction of sp³-hybridized carbons (Fsp3) is 0.571. The number of thioether (sulfide) groups is 2. The number of aliphatic hydroxyl groups excluding tert-OH is 2. The van der Waals surface area contributed by atoms with E-state index in [9.17, 15) is 78.2 Å². The molecule has 2 aromatic carbocycles. The van der Waals surface area contributed by atoms with Crippen molar-refractivity contribution in [1.82, 2.24) is 34.9 Å². The van der Waals surface area contributed by atoms with Gasteiger partial charge in [-0.25, -0.2) is 5.43 Å². The topological polar surface area (TPSA) is 540 Å². The number of methoxy groups -OCH3 is 1. The highest BCUT2D eigenvalue weighted by atomic mass is 35.5. The van der Waals surface area contributed by atoms with Gasteiger partial charge in [-0.15, -0.1) is 24.2 Å². The Kier molecular flexibility index (Phi) is 26.0. The number of imide groups is 1. The number of unbranched alkanes of at least 4 members (excludes halogenated alkanes) is 2. The lowest BCUT2D eigenvalue weighted by Crippen LogP contribution is -2.53. The molecule has 2 aliphatic carbocycles. The van der Waals surface area contributed by atoms with Crippen molar-refractivity contribution < 1.29 is 92.4 Å². The number of ketones is 2. The Bertz CT molecular complexity index is 2460. The Morgan fingerprint density at radius 2 is 1.64 bits per heavy atom. The highest BCUT2D eigenvalue weighted by molar-refractivity contribution is 8.01. The number of nitrogens with zero attached hydrogens (tertiary/aromatic N) is 2. The van der Waals surface area contributed by atoms with Crippen LogP contribution >= 0.6 is 51.1 Å². The summed E-state index contributed by atoms with van der Waals surface area (Å²) in [6, 6.07) is 3.46. The number of fused-ring (bicyclic) bond motifs is 3. The predicted molar refractivity (Wildman–Crippen MR) is 271 cm³/mol. The largest absolute Gasteiger partial charge is 0.810 e. The van der Waals surface area contributed by atoms with Gasteiger partial charge < -0.3 is 98.8 Å². The van der Waals surface area contributed by atoms with Gasteiger partial charge in [0.2, 0.25) is 23.5 Å². The zero-order valence-corrected chi connectivity index (χ0v) is 46.0. The molecular formula is C42H69ClN8O19P2S2. The van der Waals surface area contributed by atoms with Crippen LogP contribution in [0.25, 0.3) is 0 Å². The summed E-state index contributed by atoms with van der Waals surface area (Å²) in [5.41, 5.74) is 4.10. The van der Waals surface area contributed by atoms with E-state index in [1.807, 2.05) is 0 Å². The third-order valence-electron chi connectivity index (χ3n) is 12.4. The maximum Gasteiger partial charge on any atom is 0.242 e. The lowest BCUT2D eigenvalue weighted by molar-refractivity contribution is -0.329. The van der Waals surface area contributed by atoms with Gasteiger partial charge in [-0.1, -0.05) is 33.7 Å². The second-order valence-corrected chi connectivity index (χ2v) is 23.4. The van der Waals surface area contributed by atoms with Crippen LogP contribution in [0.2, 0.25) is 0 Å². The molecule has 0 aromatic heterocycles. The fourth-order valence-electron chi connectivity index (χ4n) is 8.76. The van der Waals surface area contributed by atoms with Crippen LogP contribution < -0.4 is 60.1 Å². The molecular weight excluding hydrogens is 1080 g/mol. The van der Waals surface area contributed by atoms with Gasteiger partial charge in [-0.2, -0.15) is 16.9 Å². The van der Waals surface area contributed by atoms with Crippen molar-refractivity contribution in [3.63, 3.8) is 0 Å². The molecule has 3 amide bonds. The van der Waals surface area contributed by atoms with Gasteiger partial charge in [0, 0.05) is 72.5 Å². The minimum Gasteiger partial charge on any atom is -0.810 e. The van der Waals surface area contributed by atoms with E-state index in [1.165, 1.54) is 37.1 Å². The number of hydrazone groups is 1. The second-order valence-electron chi connectivity index (χ2n) is 17.1. The van der Waals surface area contributed by atoms with Crippen LogP contribution in [0.1, 0.15) is 107 Å². The van der Waals surface area contributed by atoms with Gasteiger partial charge >= 0.3 is 0 Å². The van der Waals surface area contributed by atoms with E-state index in [0.717, 1.165) is 16.7 Å². The molecule has 2 aromatic rings. The molecule has 0 bridgehead atoms. The standard InChI is InChI=1S/C42H56N4O19P2S2.ClH.4H3N/c1-20-36(50)23(43)14-30(64-20)65-25-17-42(56,16-22-33(25)40(54)35-34(38(22)52)37(51)21-8-6-9-24(63-2)32(21)39(35)53)27(18-47)44-45-28(48)10-4-3-5-11-46-29(49)15-26(41(46)55)69-13-7-12-68-19-31(66(57,58)59)67(60,61)62;;;;;/h6,8-9,20,23,25-26,30-31,36,47,50,52,54,56H,3-5,7,10-19,43H2,1-2H3,(H,45,48)(H2,57,58,59)(H2,60,61,62);1H;4*1H3/b44-27+;;;;;/t20-,23-,25-,26?,30-,36+,42-;;;;;/m0...../s1. The smallest absolute Gasteiger partial charge is 0.242 e. The number of quaternary nitrogens is 4. The first-order valence-corrected chi connectivity index (χ1v) is 27.2. The van der Waals surface area contributed by atoms with E-state index in [4.69, 9.17) is 19.9 Å². The lowest BCUT2D eigenvalue weighted by Gasteiger charge is -2.49. The van der Waals surface area contributed by atoms with E-state index >= 15 is 0 Å². The van der Waals surface area contributed by atoms with Gasteiger partial charge in [0.25, 0.3) is 0 Å². The Morgan fingerprint density at radius 3 is 2.24 bits per heavy atom. The highest BCUT2D eigenvalue weighted by Crippen LogP contribution is 2.53. The number of rotatable bonds is 21. The quantitative estimate of drug-likeness (QED) is 0.0173. The number of ether oxygens (including phenoxy) is 3. The predicted octanol–water partition coefficient (Wildman–Crippen LogP) is 0.529. The molecule has 6 rings (SSSR count). The number of benzene rings is 2. The maximum atomic E-state index is 14.0. The molecule has 7 atom stereocenters. The van der Waals surface area contributed by atoms with Crippen LogP contribution in [0, 0.1) is 0 Å². The number of hydrogen-bond donors (Lipinski definition) is 11. The minimum atomic E-state index is -5.65. The minimum absolute atomic E-state index is 0. The molecule has 0 radical (unpaired) electrons. The monoisotopic (exact) mass is 1150 g/mol. The molecule has 4 aliphatic rings. The molecule has 2 heterocycles. The van der Waals surface area contributed by atoms with E-state index in [1.54, 1.807) is 6.92 Å². The molecule has 74 heavy (non-hydrogen) atoms. The number of phenolic OH excluding ortho intramolecular Hbond substituents is 2. The average Bonchev–Trinajstić information content (AvgIpc) is 3.54. The number of phenols is 2. The Hall–Kier alpha value is -3.65. The van der Waals surface area contributed by atoms with Crippen molar-refractivity contribution in [3.8, 4) is 17.2 Å². The van der Waals surface area contributed by atoms with Crippen LogP contribution in [0.15, 0.2) is 23.3 Å². The van der Waals surface area contributed by atoms with Crippen LogP contribution in [0.5, 0.6) is 17.2 Å². The fourth-order valence-corrected chi connectivity index (χ4v) is 14.3. The van der Waals surface area contributed by atoms with Crippen molar-refractivity contribution in [1.29, 1.82) is 0 Å². The lowest BCUT2D eigenvalue weighted by atomic mass is 9.71. The van der Waals surface area contributed by atoms with Gasteiger partial charge in [-0.3, -0.25) is 28.9 Å². The number of nitrogens with one attached hydrogen (secondary N) is 1. The summed E-state index contributed by atoms with van der Waals surface area (Å²) >= 11 is 1.99. The van der Waals surface area contributed by atoms with Crippen LogP contribution in [0.3, 0.4) is 0 Å². The first-order valence-electron chi connectivity index (χ1n) is 21.8. The molecule has 0 saturated carbocycles. The van der Waals surface area contributed by atoms with Gasteiger partial charge in [0.05, 0.1) is 59.7 Å². The van der Waals surface area contributed by atoms with Crippen molar-refractivity contribution in [3.05, 3.63) is 51.6 Å². The summed E-state index contributed by atoms with van der Waals surface area (Å²) in [6.07, 6.45) is -4.42. The number of carbonyl (C=O) groups excluding carboxylic acids is 5. The molecule has 420 valence electrons. The molecule has 24 N–H and O–H groups in total. The van der Waals surface area contributed by atoms with Crippen molar-refractivity contribution >= 4 is 86.1 Å². The molecule has 27 nitrogen and oxygen atoms in total. The summed E-state index contributed by atoms with van der Waals surface area (Å²) in [5, 5.41) is 57.7. The number of carbonyl (C=O) groups is 5. The SMILES string of the molecule is COc1cccc2c1C(=O)c1c(O)c3c(c(O)c1C2=O)C[C@@](O)(/C(CO)=N/NC(=O)CCCCCN1C(=O)CC(SCCCSCC(P(=O)([O-])[O-])P(=O)([O-])[O-])C1=O)C[C@@H]3O[C@H]1C[C@H](N)[C@H](O)[C@H](C)O1.Cl.[NH4+].[NH4+].[NH4+].[NH4+]. The van der Waals surface area contributed by atoms with Crippen molar-refractivity contribution in [2.24, 2.45) is 10.8 Å². The molecule has 2 fully saturated rings. The van der Waals surface area contributed by atoms with Crippen LogP contribution in [0.4, 0.5) is 0 Å².